The molecule has 0 heterocycles. The second-order valence-electron chi connectivity index (χ2n) is 5.32. The summed E-state index contributed by atoms with van der Waals surface area (Å²) >= 11 is 5.81. The van der Waals surface area contributed by atoms with Crippen molar-refractivity contribution >= 4 is 39.4 Å². The summed E-state index contributed by atoms with van der Waals surface area (Å²) in [4.78, 5) is 12.1. The molecule has 0 aliphatic heterocycles. The maximum absolute atomic E-state index is 12.1. The summed E-state index contributed by atoms with van der Waals surface area (Å²) in [7, 11) is -2.10. The number of amides is 1. The second kappa shape index (κ2) is 8.68. The van der Waals surface area contributed by atoms with Crippen LogP contribution in [0.3, 0.4) is 0 Å². The van der Waals surface area contributed by atoms with Gasteiger partial charge in [0.1, 0.15) is 12.3 Å². The van der Waals surface area contributed by atoms with Crippen molar-refractivity contribution in [2.24, 2.45) is 5.10 Å². The Labute approximate surface area is 157 Å². The molecule has 0 unspecified atom stereocenters. The number of hydrazone groups is 1. The molecule has 0 aromatic heterocycles. The summed E-state index contributed by atoms with van der Waals surface area (Å²) in [6.45, 7) is -0.407. The molecule has 0 radical (unpaired) electrons. The Bertz CT molecular complexity index is 898. The molecule has 2 aromatic rings. The number of nitrogens with one attached hydrogen (secondary N) is 1. The van der Waals surface area contributed by atoms with E-state index in [0.29, 0.717) is 16.5 Å². The summed E-state index contributed by atoms with van der Waals surface area (Å²) in [6.07, 6.45) is 2.46. The van der Waals surface area contributed by atoms with Gasteiger partial charge in [0.25, 0.3) is 5.91 Å². The van der Waals surface area contributed by atoms with Crippen molar-refractivity contribution in [1.82, 2.24) is 5.43 Å². The number of ether oxygens (including phenoxy) is 1. The van der Waals surface area contributed by atoms with Gasteiger partial charge in [-0.15, -0.1) is 0 Å². The van der Waals surface area contributed by atoms with Gasteiger partial charge in [0.2, 0.25) is 10.0 Å². The third-order valence-corrected chi connectivity index (χ3v) is 4.69. The SMILES string of the molecule is COc1cccc(/C=N\NC(=O)CN(c2ccc(Cl)cc2)S(C)(=O)=O)c1. The normalized spacial score (nSPS) is 11.3. The molecule has 9 heteroatoms. The first-order chi connectivity index (χ1) is 12.3. The smallest absolute Gasteiger partial charge is 0.260 e. The molecule has 1 N–H and O–H groups in total. The number of rotatable bonds is 7. The molecule has 26 heavy (non-hydrogen) atoms. The van der Waals surface area contributed by atoms with Crippen LogP contribution in [-0.4, -0.2) is 40.4 Å². The lowest BCUT2D eigenvalue weighted by atomic mass is 10.2. The van der Waals surface area contributed by atoms with Crippen LogP contribution in [0.25, 0.3) is 0 Å². The van der Waals surface area contributed by atoms with E-state index >= 15 is 0 Å². The highest BCUT2D eigenvalue weighted by atomic mass is 35.5. The molecular weight excluding hydrogens is 378 g/mol. The minimum Gasteiger partial charge on any atom is -0.497 e. The zero-order valence-electron chi connectivity index (χ0n) is 14.2. The van der Waals surface area contributed by atoms with Crippen molar-refractivity contribution in [3.8, 4) is 5.75 Å². The van der Waals surface area contributed by atoms with Crippen LogP contribution in [-0.2, 0) is 14.8 Å². The topological polar surface area (TPSA) is 88.1 Å². The van der Waals surface area contributed by atoms with Gasteiger partial charge in [0.15, 0.2) is 0 Å². The minimum atomic E-state index is -3.65. The zero-order valence-corrected chi connectivity index (χ0v) is 15.8. The predicted molar refractivity (Wildman–Crippen MR) is 102 cm³/mol. The van der Waals surface area contributed by atoms with Crippen LogP contribution >= 0.6 is 11.6 Å². The van der Waals surface area contributed by atoms with E-state index in [0.717, 1.165) is 16.1 Å². The number of methoxy groups -OCH3 is 1. The monoisotopic (exact) mass is 395 g/mol. The fraction of sp³-hybridized carbons (Fsp3) is 0.176. The number of nitrogens with zero attached hydrogens (tertiary/aromatic N) is 2. The molecule has 2 rings (SSSR count). The molecule has 0 saturated heterocycles. The molecule has 0 atom stereocenters. The number of hydrogen-bond donors (Lipinski definition) is 1. The maximum atomic E-state index is 12.1. The van der Waals surface area contributed by atoms with Crippen LogP contribution in [0, 0.1) is 0 Å². The third-order valence-electron chi connectivity index (χ3n) is 3.30. The molecule has 138 valence electrons. The molecular formula is C17H18ClN3O4S. The third kappa shape index (κ3) is 5.75. The Kier molecular flexibility index (Phi) is 6.59. The lowest BCUT2D eigenvalue weighted by Crippen LogP contribution is -2.38. The van der Waals surface area contributed by atoms with E-state index in [4.69, 9.17) is 16.3 Å². The zero-order chi connectivity index (χ0) is 19.2. The largest absolute Gasteiger partial charge is 0.497 e. The van der Waals surface area contributed by atoms with E-state index in [2.05, 4.69) is 10.5 Å². The second-order valence-corrected chi connectivity index (χ2v) is 7.66. The van der Waals surface area contributed by atoms with Gasteiger partial charge in [-0.3, -0.25) is 9.10 Å². The quantitative estimate of drug-likeness (QED) is 0.575. The minimum absolute atomic E-state index is 0.337. The maximum Gasteiger partial charge on any atom is 0.260 e. The Hall–Kier alpha value is -2.58. The van der Waals surface area contributed by atoms with Crippen LogP contribution in [0.4, 0.5) is 5.69 Å². The van der Waals surface area contributed by atoms with Crippen LogP contribution < -0.4 is 14.5 Å². The fourth-order valence-electron chi connectivity index (χ4n) is 2.07. The highest BCUT2D eigenvalue weighted by Crippen LogP contribution is 2.20. The molecule has 0 aliphatic carbocycles. The summed E-state index contributed by atoms with van der Waals surface area (Å²) in [5, 5.41) is 4.30. The number of carbonyl (C=O) groups is 1. The van der Waals surface area contributed by atoms with Gasteiger partial charge in [0, 0.05) is 5.02 Å². The molecule has 1 amide bonds. The van der Waals surface area contributed by atoms with Gasteiger partial charge < -0.3 is 4.74 Å². The van der Waals surface area contributed by atoms with Crippen molar-refractivity contribution in [2.75, 3.05) is 24.2 Å². The van der Waals surface area contributed by atoms with Crippen LogP contribution in [0.5, 0.6) is 5.75 Å². The standard InChI is InChI=1S/C17H18ClN3O4S/c1-25-16-5-3-4-13(10-16)11-19-20-17(22)12-21(26(2,23)24)15-8-6-14(18)7-9-15/h3-11H,12H2,1-2H3,(H,20,22)/b19-11-. The van der Waals surface area contributed by atoms with Crippen LogP contribution in [0.2, 0.25) is 5.02 Å². The van der Waals surface area contributed by atoms with Gasteiger partial charge >= 0.3 is 0 Å². The number of sulfonamides is 1. The molecule has 0 bridgehead atoms. The average Bonchev–Trinajstić information content (AvgIpc) is 2.60. The van der Waals surface area contributed by atoms with Crippen molar-refractivity contribution in [1.29, 1.82) is 0 Å². The molecule has 0 saturated carbocycles. The molecule has 0 spiro atoms. The van der Waals surface area contributed by atoms with Crippen molar-refractivity contribution in [3.05, 3.63) is 59.1 Å². The molecule has 7 nitrogen and oxygen atoms in total. The highest BCUT2D eigenvalue weighted by Gasteiger charge is 2.20. The van der Waals surface area contributed by atoms with E-state index in [1.165, 1.54) is 18.3 Å². The Morgan fingerprint density at radius 3 is 2.58 bits per heavy atom. The molecule has 0 fully saturated rings. The van der Waals surface area contributed by atoms with E-state index in [1.807, 2.05) is 0 Å². The van der Waals surface area contributed by atoms with Crippen LogP contribution in [0.1, 0.15) is 5.56 Å². The Balaban J connectivity index is 2.05. The summed E-state index contributed by atoms with van der Waals surface area (Å²) < 4.78 is 30.0. The number of hydrogen-bond acceptors (Lipinski definition) is 5. The predicted octanol–water partition coefficient (Wildman–Crippen LogP) is 2.26. The number of benzene rings is 2. The van der Waals surface area contributed by atoms with Gasteiger partial charge in [-0.1, -0.05) is 23.7 Å². The van der Waals surface area contributed by atoms with Gasteiger partial charge in [0.05, 0.1) is 25.3 Å². The Morgan fingerprint density at radius 2 is 1.96 bits per heavy atom. The first-order valence-electron chi connectivity index (χ1n) is 7.49. The lowest BCUT2D eigenvalue weighted by molar-refractivity contribution is -0.119. The number of halogens is 1. The van der Waals surface area contributed by atoms with Crippen molar-refractivity contribution in [3.63, 3.8) is 0 Å². The average molecular weight is 396 g/mol. The summed E-state index contributed by atoms with van der Waals surface area (Å²) in [5.74, 6) is 0.0794. The number of carbonyl (C=O) groups excluding carboxylic acids is 1. The van der Waals surface area contributed by atoms with Crippen molar-refractivity contribution in [2.45, 2.75) is 0 Å². The van der Waals surface area contributed by atoms with Gasteiger partial charge in [-0.25, -0.2) is 13.8 Å². The summed E-state index contributed by atoms with van der Waals surface area (Å²) in [6, 6.07) is 13.2. The highest BCUT2D eigenvalue weighted by molar-refractivity contribution is 7.92. The first kappa shape index (κ1) is 19.7. The molecule has 0 aliphatic rings. The van der Waals surface area contributed by atoms with E-state index in [-0.39, 0.29) is 0 Å². The lowest BCUT2D eigenvalue weighted by Gasteiger charge is -2.21. The number of anilines is 1. The van der Waals surface area contributed by atoms with Crippen LogP contribution in [0.15, 0.2) is 53.6 Å². The van der Waals surface area contributed by atoms with E-state index < -0.39 is 22.5 Å². The van der Waals surface area contributed by atoms with Gasteiger partial charge in [-0.05, 0) is 42.0 Å². The first-order valence-corrected chi connectivity index (χ1v) is 9.71. The van der Waals surface area contributed by atoms with Gasteiger partial charge in [-0.2, -0.15) is 5.10 Å². The fourth-order valence-corrected chi connectivity index (χ4v) is 3.06. The molecule has 2 aromatic carbocycles. The van der Waals surface area contributed by atoms with Crippen molar-refractivity contribution < 1.29 is 17.9 Å². The Morgan fingerprint density at radius 1 is 1.27 bits per heavy atom. The summed E-state index contributed by atoms with van der Waals surface area (Å²) in [5.41, 5.74) is 3.37. The van der Waals surface area contributed by atoms with E-state index in [1.54, 1.807) is 43.5 Å². The van der Waals surface area contributed by atoms with E-state index in [9.17, 15) is 13.2 Å².